The monoisotopic (exact) mass is 311 g/mol. The van der Waals surface area contributed by atoms with Crippen LogP contribution in [-0.2, 0) is 16.4 Å². The Balaban J connectivity index is 1.66. The largest absolute Gasteiger partial charge is 0.454 e. The fourth-order valence-corrected chi connectivity index (χ4v) is 2.91. The van der Waals surface area contributed by atoms with Crippen molar-refractivity contribution in [2.45, 2.75) is 18.2 Å². The molecule has 2 heterocycles. The number of nitrogens with one attached hydrogen (secondary N) is 1. The van der Waals surface area contributed by atoms with Crippen LogP contribution >= 0.6 is 0 Å². The maximum Gasteiger partial charge on any atom is 0.240 e. The molecule has 9 heteroatoms. The van der Waals surface area contributed by atoms with Gasteiger partial charge in [0.2, 0.25) is 28.6 Å². The molecule has 1 aromatic carbocycles. The summed E-state index contributed by atoms with van der Waals surface area (Å²) in [4.78, 5) is 0.119. The van der Waals surface area contributed by atoms with Gasteiger partial charge in [0.15, 0.2) is 11.5 Å². The van der Waals surface area contributed by atoms with Crippen LogP contribution in [0, 0.1) is 6.92 Å². The van der Waals surface area contributed by atoms with Crippen molar-refractivity contribution >= 4 is 10.0 Å². The maximum absolute atomic E-state index is 12.2. The molecule has 0 amide bonds. The second kappa shape index (κ2) is 5.34. The minimum absolute atomic E-state index is 0.1000. The molecule has 0 bridgehead atoms. The number of aryl methyl sites for hydroxylation is 1. The van der Waals surface area contributed by atoms with Gasteiger partial charge in [-0.05, 0) is 12.1 Å². The van der Waals surface area contributed by atoms with E-state index in [-0.39, 0.29) is 18.2 Å². The van der Waals surface area contributed by atoms with Crippen molar-refractivity contribution in [1.29, 1.82) is 0 Å². The molecular weight excluding hydrogens is 298 g/mol. The molecule has 8 nitrogen and oxygen atoms in total. The lowest BCUT2D eigenvalue weighted by Crippen LogP contribution is -2.26. The van der Waals surface area contributed by atoms with E-state index < -0.39 is 10.0 Å². The first-order valence-electron chi connectivity index (χ1n) is 6.23. The summed E-state index contributed by atoms with van der Waals surface area (Å²) in [5.74, 6) is 1.80. The zero-order chi connectivity index (χ0) is 14.9. The lowest BCUT2D eigenvalue weighted by molar-refractivity contribution is 0.174. The Morgan fingerprint density at radius 2 is 2.05 bits per heavy atom. The number of hydrogen-bond acceptors (Lipinski definition) is 7. The van der Waals surface area contributed by atoms with Crippen LogP contribution in [0.2, 0.25) is 0 Å². The maximum atomic E-state index is 12.2. The van der Waals surface area contributed by atoms with Gasteiger partial charge in [-0.25, -0.2) is 13.1 Å². The number of sulfonamides is 1. The minimum atomic E-state index is -3.62. The van der Waals surface area contributed by atoms with Gasteiger partial charge < -0.3 is 13.9 Å². The number of rotatable bonds is 5. The molecule has 0 spiro atoms. The van der Waals surface area contributed by atoms with Crippen LogP contribution < -0.4 is 14.2 Å². The second-order valence-electron chi connectivity index (χ2n) is 4.38. The molecule has 0 fully saturated rings. The first kappa shape index (κ1) is 13.8. The quantitative estimate of drug-likeness (QED) is 0.863. The molecule has 1 aliphatic heterocycles. The molecule has 3 rings (SSSR count). The van der Waals surface area contributed by atoms with Crippen molar-refractivity contribution in [2.75, 3.05) is 13.3 Å². The number of benzene rings is 1. The molecule has 0 aliphatic carbocycles. The van der Waals surface area contributed by atoms with Crippen molar-refractivity contribution in [3.8, 4) is 11.5 Å². The summed E-state index contributed by atoms with van der Waals surface area (Å²) in [6.45, 7) is 1.94. The third-order valence-corrected chi connectivity index (χ3v) is 4.31. The van der Waals surface area contributed by atoms with Crippen LogP contribution in [0.1, 0.15) is 11.8 Å². The highest BCUT2D eigenvalue weighted by Crippen LogP contribution is 2.33. The number of aromatic nitrogens is 2. The molecule has 112 valence electrons. The van der Waals surface area contributed by atoms with Crippen molar-refractivity contribution < 1.29 is 22.3 Å². The van der Waals surface area contributed by atoms with Crippen LogP contribution in [0.4, 0.5) is 0 Å². The van der Waals surface area contributed by atoms with Crippen LogP contribution in [0.3, 0.4) is 0 Å². The fourth-order valence-electron chi connectivity index (χ4n) is 1.86. The molecule has 1 aliphatic rings. The van der Waals surface area contributed by atoms with Gasteiger partial charge in [0.25, 0.3) is 0 Å². The van der Waals surface area contributed by atoms with Gasteiger partial charge in [-0.1, -0.05) is 0 Å². The van der Waals surface area contributed by atoms with Gasteiger partial charge in [0.05, 0.1) is 4.90 Å². The Kier molecular flexibility index (Phi) is 3.52. The average molecular weight is 311 g/mol. The van der Waals surface area contributed by atoms with Crippen LogP contribution in [0.25, 0.3) is 0 Å². The van der Waals surface area contributed by atoms with Crippen molar-refractivity contribution in [3.05, 3.63) is 30.0 Å². The Morgan fingerprint density at radius 3 is 2.81 bits per heavy atom. The van der Waals surface area contributed by atoms with E-state index in [2.05, 4.69) is 14.9 Å². The predicted molar refractivity (Wildman–Crippen MR) is 70.5 cm³/mol. The first-order chi connectivity index (χ1) is 10.0. The summed E-state index contributed by atoms with van der Waals surface area (Å²) < 4.78 is 42.3. The average Bonchev–Trinajstić information content (AvgIpc) is 3.06. The van der Waals surface area contributed by atoms with E-state index in [1.165, 1.54) is 12.1 Å². The van der Waals surface area contributed by atoms with Crippen LogP contribution in [0.15, 0.2) is 27.5 Å². The summed E-state index contributed by atoms with van der Waals surface area (Å²) in [5, 5.41) is 7.47. The van der Waals surface area contributed by atoms with E-state index in [1.54, 1.807) is 13.0 Å². The highest BCUT2D eigenvalue weighted by Gasteiger charge is 2.20. The lowest BCUT2D eigenvalue weighted by Gasteiger charge is -2.06. The highest BCUT2D eigenvalue weighted by atomic mass is 32.2. The Labute approximate surface area is 121 Å². The number of nitrogens with zero attached hydrogens (tertiary/aromatic N) is 2. The van der Waals surface area contributed by atoms with Gasteiger partial charge >= 0.3 is 0 Å². The number of fused-ring (bicyclic) bond motifs is 1. The molecule has 0 atom stereocenters. The summed E-state index contributed by atoms with van der Waals surface area (Å²) in [5.41, 5.74) is 0. The molecular formula is C12H13N3O5S. The Morgan fingerprint density at radius 1 is 1.24 bits per heavy atom. The van der Waals surface area contributed by atoms with Crippen molar-refractivity contribution in [2.24, 2.45) is 0 Å². The molecule has 21 heavy (non-hydrogen) atoms. The zero-order valence-corrected chi connectivity index (χ0v) is 12.0. The van der Waals surface area contributed by atoms with Crippen LogP contribution in [0.5, 0.6) is 11.5 Å². The standard InChI is InChI=1S/C12H13N3O5S/c1-8-14-15-12(20-8)4-5-13-21(16,17)9-2-3-10-11(6-9)19-7-18-10/h2-3,6,13H,4-5,7H2,1H3. The zero-order valence-electron chi connectivity index (χ0n) is 11.2. The molecule has 1 aromatic heterocycles. The van der Waals surface area contributed by atoms with Gasteiger partial charge in [0.1, 0.15) is 0 Å². The van der Waals surface area contributed by atoms with Gasteiger partial charge in [-0.3, -0.25) is 0 Å². The molecule has 1 N–H and O–H groups in total. The second-order valence-corrected chi connectivity index (χ2v) is 6.14. The molecule has 0 saturated carbocycles. The van der Waals surface area contributed by atoms with E-state index in [4.69, 9.17) is 13.9 Å². The van der Waals surface area contributed by atoms with Crippen LogP contribution in [-0.4, -0.2) is 32.0 Å². The van der Waals surface area contributed by atoms with E-state index in [0.29, 0.717) is 29.7 Å². The smallest absolute Gasteiger partial charge is 0.240 e. The molecule has 0 unspecified atom stereocenters. The van der Waals surface area contributed by atoms with Crippen molar-refractivity contribution in [1.82, 2.24) is 14.9 Å². The molecule has 0 saturated heterocycles. The topological polar surface area (TPSA) is 104 Å². The third kappa shape index (κ3) is 2.98. The Bertz CT molecular complexity index is 756. The summed E-state index contributed by atoms with van der Waals surface area (Å²) in [6, 6.07) is 4.46. The first-order valence-corrected chi connectivity index (χ1v) is 7.71. The van der Waals surface area contributed by atoms with Gasteiger partial charge in [0, 0.05) is 26.0 Å². The number of hydrogen-bond donors (Lipinski definition) is 1. The van der Waals surface area contributed by atoms with E-state index in [1.807, 2.05) is 0 Å². The summed E-state index contributed by atoms with van der Waals surface area (Å²) in [7, 11) is -3.62. The Hall–Kier alpha value is -2.13. The highest BCUT2D eigenvalue weighted by molar-refractivity contribution is 7.89. The number of ether oxygens (including phenoxy) is 2. The van der Waals surface area contributed by atoms with E-state index >= 15 is 0 Å². The van der Waals surface area contributed by atoms with E-state index in [9.17, 15) is 8.42 Å². The van der Waals surface area contributed by atoms with E-state index in [0.717, 1.165) is 0 Å². The molecule has 0 radical (unpaired) electrons. The lowest BCUT2D eigenvalue weighted by atomic mass is 10.3. The van der Waals surface area contributed by atoms with Gasteiger partial charge in [-0.2, -0.15) is 0 Å². The normalized spacial score (nSPS) is 13.6. The fraction of sp³-hybridized carbons (Fsp3) is 0.333. The molecule has 2 aromatic rings. The van der Waals surface area contributed by atoms with Gasteiger partial charge in [-0.15, -0.1) is 10.2 Å². The summed E-state index contributed by atoms with van der Waals surface area (Å²) in [6.07, 6.45) is 0.324. The minimum Gasteiger partial charge on any atom is -0.454 e. The predicted octanol–water partition coefficient (Wildman–Crippen LogP) is 0.628. The summed E-state index contributed by atoms with van der Waals surface area (Å²) >= 11 is 0. The SMILES string of the molecule is Cc1nnc(CCNS(=O)(=O)c2ccc3c(c2)OCO3)o1. The van der Waals surface area contributed by atoms with Crippen molar-refractivity contribution in [3.63, 3.8) is 0 Å². The third-order valence-electron chi connectivity index (χ3n) is 2.85.